The number of aryl methyl sites for hydroxylation is 1. The molecule has 14 heteroatoms. The number of anilines is 1. The van der Waals surface area contributed by atoms with Gasteiger partial charge in [0.15, 0.2) is 0 Å². The van der Waals surface area contributed by atoms with Crippen LogP contribution in [0.15, 0.2) is 24.3 Å². The zero-order chi connectivity index (χ0) is 29.6. The van der Waals surface area contributed by atoms with Crippen LogP contribution in [0.3, 0.4) is 0 Å². The van der Waals surface area contributed by atoms with E-state index in [2.05, 4.69) is 10.3 Å². The number of piperidine rings is 1. The molecule has 1 aliphatic heterocycles. The van der Waals surface area contributed by atoms with Gasteiger partial charge in [0.05, 0.1) is 32.7 Å². The number of imidazole rings is 1. The van der Waals surface area contributed by atoms with Gasteiger partial charge in [-0.1, -0.05) is 40.9 Å². The van der Waals surface area contributed by atoms with E-state index in [4.69, 9.17) is 34.8 Å². The van der Waals surface area contributed by atoms with E-state index in [-0.39, 0.29) is 36.0 Å². The summed E-state index contributed by atoms with van der Waals surface area (Å²) in [6.45, 7) is 0.792. The van der Waals surface area contributed by atoms with Crippen LogP contribution in [0.2, 0.25) is 15.1 Å². The van der Waals surface area contributed by atoms with Crippen molar-refractivity contribution >= 4 is 57.4 Å². The molecule has 0 bridgehead atoms. The summed E-state index contributed by atoms with van der Waals surface area (Å²) in [6, 6.07) is 6.36. The van der Waals surface area contributed by atoms with Crippen molar-refractivity contribution in [2.45, 2.75) is 45.1 Å². The molecule has 2 unspecified atom stereocenters. The number of carbonyl (C=O) groups excluding carboxylic acids is 1. The number of hydrogen-bond acceptors (Lipinski definition) is 3. The maximum Gasteiger partial charge on any atom is 0.400 e. The van der Waals surface area contributed by atoms with Crippen molar-refractivity contribution in [1.82, 2.24) is 14.9 Å². The molecule has 2 atom stereocenters. The molecule has 0 spiro atoms. The Bertz CT molecular complexity index is 1420. The van der Waals surface area contributed by atoms with Crippen molar-refractivity contribution in [2.75, 3.05) is 18.0 Å². The van der Waals surface area contributed by atoms with Gasteiger partial charge in [-0.25, -0.2) is 4.98 Å². The predicted molar refractivity (Wildman–Crippen MR) is 143 cm³/mol. The van der Waals surface area contributed by atoms with Crippen LogP contribution in [0.4, 0.5) is 32.0 Å². The molecular weight excluding hydrogens is 605 g/mol. The SMILES string of the molecule is CC(C(=O)NCc1ccc(Cl)c(Cc2nc3cc(Cl)c(N4CCCC(C(F)(F)F)C4)cc3n2C)c1Cl)C(F)(F)F. The van der Waals surface area contributed by atoms with Gasteiger partial charge < -0.3 is 14.8 Å². The van der Waals surface area contributed by atoms with Gasteiger partial charge in [0.2, 0.25) is 5.91 Å². The van der Waals surface area contributed by atoms with E-state index in [0.717, 1.165) is 6.92 Å². The molecule has 218 valence electrons. The monoisotopic (exact) mass is 628 g/mol. The minimum Gasteiger partial charge on any atom is -0.370 e. The maximum absolute atomic E-state index is 13.4. The van der Waals surface area contributed by atoms with Gasteiger partial charge in [-0.15, -0.1) is 0 Å². The first-order chi connectivity index (χ1) is 18.6. The van der Waals surface area contributed by atoms with Crippen molar-refractivity contribution in [3.05, 3.63) is 56.3 Å². The quantitative estimate of drug-likeness (QED) is 0.284. The van der Waals surface area contributed by atoms with Gasteiger partial charge in [-0.05, 0) is 49.1 Å². The number of carbonyl (C=O) groups is 1. The number of rotatable bonds is 6. The molecule has 40 heavy (non-hydrogen) atoms. The number of alkyl halides is 6. The fraction of sp³-hybridized carbons (Fsp3) is 0.462. The van der Waals surface area contributed by atoms with Crippen LogP contribution in [0.5, 0.6) is 0 Å². The molecule has 1 N–H and O–H groups in total. The van der Waals surface area contributed by atoms with Crippen LogP contribution in [0.25, 0.3) is 11.0 Å². The van der Waals surface area contributed by atoms with E-state index in [1.165, 1.54) is 12.1 Å². The van der Waals surface area contributed by atoms with Crippen molar-refractivity contribution in [3.63, 3.8) is 0 Å². The second kappa shape index (κ2) is 11.5. The molecule has 1 saturated heterocycles. The van der Waals surface area contributed by atoms with Crippen molar-refractivity contribution in [2.24, 2.45) is 18.9 Å². The Balaban J connectivity index is 1.59. The molecule has 0 aliphatic carbocycles. The highest BCUT2D eigenvalue weighted by Crippen LogP contribution is 2.39. The molecule has 3 aromatic rings. The summed E-state index contributed by atoms with van der Waals surface area (Å²) in [5.74, 6) is -4.28. The normalized spacial score (nSPS) is 17.4. The Morgan fingerprint density at radius 1 is 1.12 bits per heavy atom. The van der Waals surface area contributed by atoms with Crippen LogP contribution in [-0.2, 0) is 24.8 Å². The first kappa shape index (κ1) is 30.6. The lowest BCUT2D eigenvalue weighted by Crippen LogP contribution is -2.41. The molecule has 1 fully saturated rings. The van der Waals surface area contributed by atoms with Gasteiger partial charge in [-0.3, -0.25) is 4.79 Å². The molecule has 4 rings (SSSR count). The second-order valence-electron chi connectivity index (χ2n) is 9.86. The smallest absolute Gasteiger partial charge is 0.370 e. The third-order valence-electron chi connectivity index (χ3n) is 7.21. The van der Waals surface area contributed by atoms with Crippen LogP contribution in [-0.4, -0.2) is 40.9 Å². The van der Waals surface area contributed by atoms with Crippen molar-refractivity contribution in [1.29, 1.82) is 0 Å². The van der Waals surface area contributed by atoms with Crippen LogP contribution in [0.1, 0.15) is 36.7 Å². The highest BCUT2D eigenvalue weighted by atomic mass is 35.5. The van der Waals surface area contributed by atoms with Crippen molar-refractivity contribution < 1.29 is 31.1 Å². The number of aromatic nitrogens is 2. The lowest BCUT2D eigenvalue weighted by atomic mass is 9.97. The summed E-state index contributed by atoms with van der Waals surface area (Å²) >= 11 is 19.4. The third kappa shape index (κ3) is 6.41. The Morgan fingerprint density at radius 2 is 1.82 bits per heavy atom. The molecule has 2 aromatic carbocycles. The standard InChI is InChI=1S/C26H25Cl3F6N4O/c1-13(25(30,31)32)24(40)36-11-14-5-6-17(27)16(23(14)29)8-22-37-19-9-18(28)20(10-21(19)38(22)2)39-7-3-4-15(12-39)26(33,34)35/h5-6,9-10,13,15H,3-4,7-8,11-12H2,1-2H3,(H,36,40). The number of nitrogens with one attached hydrogen (secondary N) is 1. The molecule has 0 radical (unpaired) electrons. The highest BCUT2D eigenvalue weighted by molar-refractivity contribution is 6.36. The summed E-state index contributed by atoms with van der Waals surface area (Å²) in [4.78, 5) is 18.2. The van der Waals surface area contributed by atoms with E-state index in [1.54, 1.807) is 28.6 Å². The van der Waals surface area contributed by atoms with E-state index in [1.807, 2.05) is 0 Å². The van der Waals surface area contributed by atoms with Crippen LogP contribution < -0.4 is 10.2 Å². The maximum atomic E-state index is 13.4. The number of nitrogens with zero attached hydrogens (tertiary/aromatic N) is 3. The number of benzene rings is 2. The molecule has 1 amide bonds. The summed E-state index contributed by atoms with van der Waals surface area (Å²) < 4.78 is 80.4. The minimum atomic E-state index is -4.67. The highest BCUT2D eigenvalue weighted by Gasteiger charge is 2.42. The molecule has 2 heterocycles. The number of fused-ring (bicyclic) bond motifs is 1. The Labute approximate surface area is 241 Å². The summed E-state index contributed by atoms with van der Waals surface area (Å²) in [7, 11) is 1.74. The van der Waals surface area contributed by atoms with Crippen LogP contribution in [0, 0.1) is 11.8 Å². The van der Waals surface area contributed by atoms with Gasteiger partial charge in [0.1, 0.15) is 11.7 Å². The fourth-order valence-electron chi connectivity index (χ4n) is 4.70. The molecule has 0 saturated carbocycles. The average Bonchev–Trinajstić information content (AvgIpc) is 3.17. The Hall–Kier alpha value is -2.37. The molecule has 1 aromatic heterocycles. The zero-order valence-corrected chi connectivity index (χ0v) is 23.6. The number of amides is 1. The zero-order valence-electron chi connectivity index (χ0n) is 21.4. The van der Waals surface area contributed by atoms with E-state index in [9.17, 15) is 31.1 Å². The van der Waals surface area contributed by atoms with Gasteiger partial charge in [-0.2, -0.15) is 26.3 Å². The first-order valence-electron chi connectivity index (χ1n) is 12.3. The van der Waals surface area contributed by atoms with Crippen LogP contribution >= 0.6 is 34.8 Å². The average molecular weight is 630 g/mol. The summed E-state index contributed by atoms with van der Waals surface area (Å²) in [6.07, 6.45) is -8.37. The van der Waals surface area contributed by atoms with Gasteiger partial charge in [0, 0.05) is 38.1 Å². The molecule has 5 nitrogen and oxygen atoms in total. The minimum absolute atomic E-state index is 0.0708. The summed E-state index contributed by atoms with van der Waals surface area (Å²) in [5.41, 5.74) is 2.47. The third-order valence-corrected chi connectivity index (χ3v) is 8.33. The molecular formula is C26H25Cl3F6N4O. The largest absolute Gasteiger partial charge is 0.400 e. The number of hydrogen-bond donors (Lipinski definition) is 1. The Morgan fingerprint density at radius 3 is 2.48 bits per heavy atom. The van der Waals surface area contributed by atoms with Gasteiger partial charge in [0.25, 0.3) is 0 Å². The first-order valence-corrected chi connectivity index (χ1v) is 13.5. The number of halogens is 9. The summed E-state index contributed by atoms with van der Waals surface area (Å²) in [5, 5.41) is 2.99. The van der Waals surface area contributed by atoms with E-state index in [0.29, 0.717) is 51.7 Å². The van der Waals surface area contributed by atoms with Crippen molar-refractivity contribution in [3.8, 4) is 0 Å². The van der Waals surface area contributed by atoms with E-state index >= 15 is 0 Å². The lowest BCUT2D eigenvalue weighted by molar-refractivity contribution is -0.179. The topological polar surface area (TPSA) is 50.2 Å². The van der Waals surface area contributed by atoms with Gasteiger partial charge >= 0.3 is 12.4 Å². The molecule has 1 aliphatic rings. The Kier molecular flexibility index (Phi) is 8.78. The van der Waals surface area contributed by atoms with E-state index < -0.39 is 30.1 Å². The predicted octanol–water partition coefficient (Wildman–Crippen LogP) is 7.72. The second-order valence-corrected chi connectivity index (χ2v) is 11.1. The fourth-order valence-corrected chi connectivity index (χ4v) is 5.55. The lowest BCUT2D eigenvalue weighted by Gasteiger charge is -2.35.